The van der Waals surface area contributed by atoms with Crippen molar-refractivity contribution in [3.05, 3.63) is 94.7 Å². The molecule has 44 heavy (non-hydrogen) atoms. The Morgan fingerprint density at radius 1 is 1.00 bits per heavy atom. The van der Waals surface area contributed by atoms with Gasteiger partial charge in [0.15, 0.2) is 17.3 Å². The van der Waals surface area contributed by atoms with Gasteiger partial charge in [-0.2, -0.15) is 9.40 Å². The molecule has 0 aliphatic carbocycles. The summed E-state index contributed by atoms with van der Waals surface area (Å²) >= 11 is 0. The van der Waals surface area contributed by atoms with Crippen molar-refractivity contribution < 1.29 is 32.2 Å². The summed E-state index contributed by atoms with van der Waals surface area (Å²) < 4.78 is 45.5. The van der Waals surface area contributed by atoms with E-state index in [-0.39, 0.29) is 29.0 Å². The lowest BCUT2D eigenvalue weighted by molar-refractivity contribution is -0.125. The van der Waals surface area contributed by atoms with E-state index in [4.69, 9.17) is 19.9 Å². The quantitative estimate of drug-likeness (QED) is 0.234. The molecule has 3 aromatic carbocycles. The molecule has 1 aromatic heterocycles. The van der Waals surface area contributed by atoms with Gasteiger partial charge in [-0.1, -0.05) is 45.4 Å². The Kier molecular flexibility index (Phi) is 8.63. The summed E-state index contributed by atoms with van der Waals surface area (Å²) in [6.45, 7) is 7.75. The number of carbonyl (C=O) groups excluding carboxylic acids is 2. The number of ether oxygens (including phenoxy) is 3. The minimum absolute atomic E-state index is 0.0438. The zero-order valence-corrected chi connectivity index (χ0v) is 25.7. The Morgan fingerprint density at radius 3 is 2.34 bits per heavy atom. The molecule has 1 aliphatic heterocycles. The van der Waals surface area contributed by atoms with Crippen LogP contribution in [0.25, 0.3) is 0 Å². The molecule has 11 nitrogen and oxygen atoms in total. The van der Waals surface area contributed by atoms with Crippen LogP contribution in [0.4, 0.5) is 5.82 Å². The molecule has 1 aliphatic rings. The number of carbonyl (C=O) groups is 2. The second-order valence-electron chi connectivity index (χ2n) is 10.8. The van der Waals surface area contributed by atoms with E-state index in [9.17, 15) is 18.0 Å². The monoisotopic (exact) mass is 618 g/mol. The fraction of sp³-hybridized carbons (Fsp3) is 0.281. The standard InChI is InChI=1S/C32H34N4O7S/c1-5-6-22-16-24(10-13-26(22)43-30(31(33)37)23-9-14-27-28(17-23)42-18-41-27)32(38)36(29-15-20(4)34-35-29)44(39,40)25-11-7-21(8-12-25)19(2)3/h7-17,19,30H,5-6,18H2,1-4H3,(H2,33,37)(H,34,35). The molecule has 12 heteroatoms. The number of amides is 2. The molecular weight excluding hydrogens is 584 g/mol. The number of hydrogen-bond donors (Lipinski definition) is 2. The first-order chi connectivity index (χ1) is 21.0. The highest BCUT2D eigenvalue weighted by atomic mass is 32.2. The van der Waals surface area contributed by atoms with Gasteiger partial charge < -0.3 is 19.9 Å². The van der Waals surface area contributed by atoms with Gasteiger partial charge in [0.2, 0.25) is 12.9 Å². The molecule has 0 spiro atoms. The summed E-state index contributed by atoms with van der Waals surface area (Å²) in [7, 11) is -4.35. The number of nitrogens with zero attached hydrogens (tertiary/aromatic N) is 2. The lowest BCUT2D eigenvalue weighted by atomic mass is 10.0. The van der Waals surface area contributed by atoms with Gasteiger partial charge >= 0.3 is 0 Å². The van der Waals surface area contributed by atoms with E-state index in [1.165, 1.54) is 24.3 Å². The van der Waals surface area contributed by atoms with Crippen molar-refractivity contribution in [1.29, 1.82) is 0 Å². The molecule has 3 N–H and O–H groups in total. The predicted molar refractivity (Wildman–Crippen MR) is 163 cm³/mol. The van der Waals surface area contributed by atoms with Gasteiger partial charge in [0.1, 0.15) is 5.75 Å². The molecule has 4 aromatic rings. The van der Waals surface area contributed by atoms with Gasteiger partial charge in [0.05, 0.1) is 4.90 Å². The van der Waals surface area contributed by atoms with Gasteiger partial charge in [-0.05, 0) is 72.9 Å². The van der Waals surface area contributed by atoms with Crippen molar-refractivity contribution in [2.45, 2.75) is 57.5 Å². The number of H-pyrrole nitrogens is 1. The molecule has 1 unspecified atom stereocenters. The van der Waals surface area contributed by atoms with Crippen LogP contribution in [0, 0.1) is 6.92 Å². The van der Waals surface area contributed by atoms with E-state index >= 15 is 0 Å². The van der Waals surface area contributed by atoms with E-state index in [1.54, 1.807) is 49.4 Å². The number of nitrogens with one attached hydrogen (secondary N) is 1. The minimum atomic E-state index is -4.35. The number of nitrogens with two attached hydrogens (primary N) is 1. The summed E-state index contributed by atoms with van der Waals surface area (Å²) in [5.74, 6) is -0.0181. The van der Waals surface area contributed by atoms with Crippen LogP contribution < -0.4 is 24.2 Å². The number of aromatic nitrogens is 2. The molecule has 2 amide bonds. The van der Waals surface area contributed by atoms with Crippen LogP contribution in [0.1, 0.15) is 72.0 Å². The highest BCUT2D eigenvalue weighted by Gasteiger charge is 2.34. The Hall–Kier alpha value is -4.84. The first-order valence-electron chi connectivity index (χ1n) is 14.2. The van der Waals surface area contributed by atoms with Crippen LogP contribution in [-0.4, -0.2) is 37.2 Å². The first kappa shape index (κ1) is 30.6. The van der Waals surface area contributed by atoms with Gasteiger partial charge in [0, 0.05) is 22.9 Å². The molecule has 0 fully saturated rings. The zero-order valence-electron chi connectivity index (χ0n) is 24.9. The van der Waals surface area contributed by atoms with Crippen LogP contribution in [-0.2, 0) is 21.2 Å². The van der Waals surface area contributed by atoms with Crippen molar-refractivity contribution in [2.24, 2.45) is 5.73 Å². The smallest absolute Gasteiger partial charge is 0.273 e. The van der Waals surface area contributed by atoms with Crippen molar-refractivity contribution in [2.75, 3.05) is 11.1 Å². The highest BCUT2D eigenvalue weighted by Crippen LogP contribution is 2.36. The van der Waals surface area contributed by atoms with Crippen LogP contribution in [0.2, 0.25) is 0 Å². The van der Waals surface area contributed by atoms with Crippen LogP contribution >= 0.6 is 0 Å². The number of aryl methyl sites for hydroxylation is 2. The Bertz CT molecular complexity index is 1800. The molecule has 0 radical (unpaired) electrons. The average Bonchev–Trinajstić information content (AvgIpc) is 3.64. The lowest BCUT2D eigenvalue weighted by Crippen LogP contribution is -2.37. The first-order valence-corrected chi connectivity index (χ1v) is 15.6. The molecule has 0 saturated carbocycles. The van der Waals surface area contributed by atoms with Crippen LogP contribution in [0.3, 0.4) is 0 Å². The third-order valence-electron chi connectivity index (χ3n) is 7.20. The summed E-state index contributed by atoms with van der Waals surface area (Å²) in [6, 6.07) is 17.5. The van der Waals surface area contributed by atoms with Crippen LogP contribution in [0.5, 0.6) is 17.2 Å². The highest BCUT2D eigenvalue weighted by molar-refractivity contribution is 7.93. The number of rotatable bonds is 11. The number of hydrogen-bond acceptors (Lipinski definition) is 8. The number of fused-ring (bicyclic) bond motifs is 1. The Morgan fingerprint density at radius 2 is 1.70 bits per heavy atom. The number of sulfonamides is 1. The summed E-state index contributed by atoms with van der Waals surface area (Å²) in [5, 5.41) is 6.82. The lowest BCUT2D eigenvalue weighted by Gasteiger charge is -2.22. The largest absolute Gasteiger partial charge is 0.476 e. The second kappa shape index (κ2) is 12.4. The van der Waals surface area contributed by atoms with Crippen LogP contribution in [0.15, 0.2) is 71.6 Å². The molecule has 1 atom stereocenters. The van der Waals surface area contributed by atoms with Crippen molar-refractivity contribution in [3.8, 4) is 17.2 Å². The van der Waals surface area contributed by atoms with Gasteiger partial charge in [0.25, 0.3) is 21.8 Å². The van der Waals surface area contributed by atoms with E-state index in [0.29, 0.717) is 51.2 Å². The summed E-state index contributed by atoms with van der Waals surface area (Å²) in [5.41, 5.74) is 8.44. The molecule has 5 rings (SSSR count). The van der Waals surface area contributed by atoms with E-state index < -0.39 is 27.9 Å². The molecule has 2 heterocycles. The van der Waals surface area contributed by atoms with E-state index in [1.807, 2.05) is 20.8 Å². The number of anilines is 1. The van der Waals surface area contributed by atoms with Gasteiger partial charge in [-0.3, -0.25) is 14.7 Å². The Labute approximate surface area is 256 Å². The number of aromatic amines is 1. The molecule has 230 valence electrons. The predicted octanol–water partition coefficient (Wildman–Crippen LogP) is 5.16. The van der Waals surface area contributed by atoms with Crippen molar-refractivity contribution >= 4 is 27.7 Å². The summed E-state index contributed by atoms with van der Waals surface area (Å²) in [4.78, 5) is 26.5. The third-order valence-corrected chi connectivity index (χ3v) is 8.90. The fourth-order valence-electron chi connectivity index (χ4n) is 4.88. The minimum Gasteiger partial charge on any atom is -0.476 e. The van der Waals surface area contributed by atoms with E-state index in [0.717, 1.165) is 5.56 Å². The maximum absolute atomic E-state index is 14.0. The van der Waals surface area contributed by atoms with Gasteiger partial charge in [-0.15, -0.1) is 0 Å². The Balaban J connectivity index is 1.51. The summed E-state index contributed by atoms with van der Waals surface area (Å²) in [6.07, 6.45) is 0.00938. The van der Waals surface area contributed by atoms with E-state index in [2.05, 4.69) is 10.2 Å². The average molecular weight is 619 g/mol. The maximum Gasteiger partial charge on any atom is 0.273 e. The SMILES string of the molecule is CCCc1cc(C(=O)N(c2cc(C)[nH]n2)S(=O)(=O)c2ccc(C(C)C)cc2)ccc1OC(C(N)=O)c1ccc2c(c1)OCO2. The maximum atomic E-state index is 14.0. The topological polar surface area (TPSA) is 154 Å². The normalized spacial score (nSPS) is 13.1. The number of benzene rings is 3. The van der Waals surface area contributed by atoms with Crippen molar-refractivity contribution in [3.63, 3.8) is 0 Å². The second-order valence-corrected chi connectivity index (χ2v) is 12.6. The van der Waals surface area contributed by atoms with Gasteiger partial charge in [-0.25, -0.2) is 8.42 Å². The van der Waals surface area contributed by atoms with Crippen molar-refractivity contribution in [1.82, 2.24) is 10.2 Å². The zero-order chi connectivity index (χ0) is 31.6. The fourth-order valence-corrected chi connectivity index (χ4v) is 6.23. The third kappa shape index (κ3) is 6.11. The molecule has 0 bridgehead atoms. The molecular formula is C32H34N4O7S. The number of primary amides is 1. The molecule has 0 saturated heterocycles.